The Morgan fingerprint density at radius 3 is 2.97 bits per heavy atom. The zero-order valence-corrected chi connectivity index (χ0v) is 16.8. The lowest BCUT2D eigenvalue weighted by Gasteiger charge is -2.33. The molecule has 0 aromatic carbocycles. The van der Waals surface area contributed by atoms with Crippen LogP contribution >= 0.6 is 0 Å². The van der Waals surface area contributed by atoms with Crippen molar-refractivity contribution >= 4 is 16.9 Å². The second kappa shape index (κ2) is 6.69. The van der Waals surface area contributed by atoms with Gasteiger partial charge in [0, 0.05) is 31.1 Å². The molecule has 154 valence electrons. The zero-order valence-electron chi connectivity index (χ0n) is 16.8. The second-order valence-corrected chi connectivity index (χ2v) is 7.48. The summed E-state index contributed by atoms with van der Waals surface area (Å²) in [4.78, 5) is 23.3. The number of imidazole rings is 1. The number of fused-ring (bicyclic) bond motifs is 3. The number of methoxy groups -OCH3 is 1. The third-order valence-electron chi connectivity index (χ3n) is 5.82. The van der Waals surface area contributed by atoms with E-state index in [4.69, 9.17) is 9.84 Å². The molecule has 9 nitrogen and oxygen atoms in total. The van der Waals surface area contributed by atoms with Gasteiger partial charge in [0.05, 0.1) is 42.1 Å². The van der Waals surface area contributed by atoms with Crippen molar-refractivity contribution < 1.29 is 9.53 Å². The molecule has 1 aliphatic rings. The maximum Gasteiger partial charge on any atom is 0.258 e. The van der Waals surface area contributed by atoms with E-state index in [1.807, 2.05) is 53.7 Å². The van der Waals surface area contributed by atoms with Crippen molar-refractivity contribution in [1.82, 2.24) is 34.1 Å². The molecule has 1 N–H and O–H groups in total. The highest BCUT2D eigenvalue weighted by atomic mass is 16.5. The van der Waals surface area contributed by atoms with Crippen LogP contribution in [-0.2, 0) is 6.42 Å². The molecular weight excluding hydrogens is 394 g/mol. The Balaban J connectivity index is 1.50. The van der Waals surface area contributed by atoms with Crippen LogP contribution in [0.25, 0.3) is 11.0 Å². The van der Waals surface area contributed by atoms with Crippen molar-refractivity contribution in [3.05, 3.63) is 84.0 Å². The first-order chi connectivity index (χ1) is 15.2. The summed E-state index contributed by atoms with van der Waals surface area (Å²) in [5, 5.41) is 9.10. The lowest BCUT2D eigenvalue weighted by atomic mass is 9.98. The average molecular weight is 413 g/mol. The molecule has 1 aliphatic heterocycles. The molecule has 5 aromatic rings. The van der Waals surface area contributed by atoms with Crippen LogP contribution < -0.4 is 4.74 Å². The van der Waals surface area contributed by atoms with Gasteiger partial charge in [-0.1, -0.05) is 6.07 Å². The Hall–Kier alpha value is -4.14. The summed E-state index contributed by atoms with van der Waals surface area (Å²) in [6.45, 7) is 0.549. The van der Waals surface area contributed by atoms with Gasteiger partial charge in [-0.25, -0.2) is 14.0 Å². The standard InChI is InChI=1S/C22H19N7O2/c1-31-19-6-4-9-29-18(19)11-16(26-29)21-20-15(23-13-24-20)7-10-27(21)22(30)14-12-25-28-8-3-2-5-17(14)28/h2-6,8-9,11-13,21H,7,10H2,1H3,(H,23,24)/t21-/m0/s1. The number of aromatic nitrogens is 6. The van der Waals surface area contributed by atoms with Gasteiger partial charge >= 0.3 is 0 Å². The number of hydrogen-bond donors (Lipinski definition) is 1. The van der Waals surface area contributed by atoms with Crippen LogP contribution in [0.2, 0.25) is 0 Å². The van der Waals surface area contributed by atoms with Gasteiger partial charge in [-0.2, -0.15) is 10.2 Å². The molecule has 0 saturated heterocycles. The number of nitrogens with one attached hydrogen (secondary N) is 1. The predicted octanol–water partition coefficient (Wildman–Crippen LogP) is 2.50. The molecule has 1 atom stereocenters. The van der Waals surface area contributed by atoms with Crippen LogP contribution in [0.4, 0.5) is 0 Å². The number of aromatic amines is 1. The van der Waals surface area contributed by atoms with Crippen molar-refractivity contribution in [2.75, 3.05) is 13.7 Å². The normalized spacial score (nSPS) is 16.0. The predicted molar refractivity (Wildman–Crippen MR) is 112 cm³/mol. The number of amides is 1. The molecule has 0 fully saturated rings. The van der Waals surface area contributed by atoms with Gasteiger partial charge in [0.1, 0.15) is 17.3 Å². The third kappa shape index (κ3) is 2.63. The van der Waals surface area contributed by atoms with Gasteiger partial charge in [-0.15, -0.1) is 0 Å². The van der Waals surface area contributed by atoms with E-state index >= 15 is 0 Å². The fourth-order valence-electron chi connectivity index (χ4n) is 4.36. The zero-order chi connectivity index (χ0) is 20.9. The average Bonchev–Trinajstić information content (AvgIpc) is 3.54. The molecule has 0 radical (unpaired) electrons. The maximum absolute atomic E-state index is 13.7. The SMILES string of the molecule is COc1cccn2nc([C@H]3c4nc[nH]c4CCN3C(=O)c3cnn4ccccc34)cc12. The summed E-state index contributed by atoms with van der Waals surface area (Å²) in [6, 6.07) is 11.0. The van der Waals surface area contributed by atoms with Crippen LogP contribution in [0.1, 0.15) is 33.5 Å². The molecule has 0 unspecified atom stereocenters. The van der Waals surface area contributed by atoms with Crippen LogP contribution in [-0.4, -0.2) is 53.7 Å². The van der Waals surface area contributed by atoms with Gasteiger partial charge in [0.2, 0.25) is 0 Å². The quantitative estimate of drug-likeness (QED) is 0.491. The number of nitrogens with zero attached hydrogens (tertiary/aromatic N) is 6. The highest BCUT2D eigenvalue weighted by Gasteiger charge is 2.37. The highest BCUT2D eigenvalue weighted by Crippen LogP contribution is 2.35. The first kappa shape index (κ1) is 17.7. The summed E-state index contributed by atoms with van der Waals surface area (Å²) in [7, 11) is 1.63. The first-order valence-electron chi connectivity index (χ1n) is 10.0. The summed E-state index contributed by atoms with van der Waals surface area (Å²) in [5.41, 5.74) is 4.76. The molecule has 1 amide bonds. The number of H-pyrrole nitrogens is 1. The summed E-state index contributed by atoms with van der Waals surface area (Å²) in [5.74, 6) is 0.628. The van der Waals surface area contributed by atoms with Crippen LogP contribution in [0.5, 0.6) is 5.75 Å². The lowest BCUT2D eigenvalue weighted by molar-refractivity contribution is 0.0689. The van der Waals surface area contributed by atoms with Gasteiger partial charge in [0.15, 0.2) is 0 Å². The van der Waals surface area contributed by atoms with Crippen LogP contribution in [0.15, 0.2) is 61.3 Å². The molecule has 0 aliphatic carbocycles. The van der Waals surface area contributed by atoms with Gasteiger partial charge in [-0.05, 0) is 30.3 Å². The molecule has 6 rings (SSSR count). The molecule has 0 bridgehead atoms. The van der Waals surface area contributed by atoms with Crippen LogP contribution in [0, 0.1) is 0 Å². The highest BCUT2D eigenvalue weighted by molar-refractivity contribution is 6.01. The molecule has 0 spiro atoms. The van der Waals surface area contributed by atoms with Crippen molar-refractivity contribution in [3.8, 4) is 5.75 Å². The number of carbonyl (C=O) groups excluding carboxylic acids is 1. The van der Waals surface area contributed by atoms with E-state index in [0.717, 1.165) is 33.9 Å². The van der Waals surface area contributed by atoms with E-state index in [0.29, 0.717) is 18.5 Å². The number of ether oxygens (including phenoxy) is 1. The second-order valence-electron chi connectivity index (χ2n) is 7.48. The number of rotatable bonds is 3. The Morgan fingerprint density at radius 2 is 2.06 bits per heavy atom. The van der Waals surface area contributed by atoms with E-state index in [9.17, 15) is 4.79 Å². The number of carbonyl (C=O) groups is 1. The summed E-state index contributed by atoms with van der Waals surface area (Å²) >= 11 is 0. The van der Waals surface area contributed by atoms with E-state index in [2.05, 4.69) is 15.1 Å². The van der Waals surface area contributed by atoms with Gasteiger partial charge in [-0.3, -0.25) is 4.79 Å². The minimum Gasteiger partial charge on any atom is -0.494 e. The Labute approximate surface area is 176 Å². The first-order valence-corrected chi connectivity index (χ1v) is 10.0. The van der Waals surface area contributed by atoms with Crippen molar-refractivity contribution in [2.45, 2.75) is 12.5 Å². The topological polar surface area (TPSA) is 92.8 Å². The smallest absolute Gasteiger partial charge is 0.258 e. The van der Waals surface area contributed by atoms with Gasteiger partial charge in [0.25, 0.3) is 5.91 Å². The minimum atomic E-state index is -0.411. The van der Waals surface area contributed by atoms with Crippen molar-refractivity contribution in [3.63, 3.8) is 0 Å². The van der Waals surface area contributed by atoms with E-state index in [-0.39, 0.29) is 5.91 Å². The molecule has 9 heteroatoms. The molecule has 31 heavy (non-hydrogen) atoms. The molecule has 6 heterocycles. The van der Waals surface area contributed by atoms with Crippen molar-refractivity contribution in [2.24, 2.45) is 0 Å². The maximum atomic E-state index is 13.7. The van der Waals surface area contributed by atoms with Crippen LogP contribution in [0.3, 0.4) is 0 Å². The van der Waals surface area contributed by atoms with Gasteiger partial charge < -0.3 is 14.6 Å². The summed E-state index contributed by atoms with van der Waals surface area (Å²) < 4.78 is 8.97. The van der Waals surface area contributed by atoms with E-state index < -0.39 is 6.04 Å². The Kier molecular flexibility index (Phi) is 3.82. The molecular formula is C22H19N7O2. The monoisotopic (exact) mass is 413 g/mol. The Morgan fingerprint density at radius 1 is 1.16 bits per heavy atom. The molecule has 5 aromatic heterocycles. The third-order valence-corrected chi connectivity index (χ3v) is 5.82. The summed E-state index contributed by atoms with van der Waals surface area (Å²) in [6.07, 6.45) is 7.71. The fraction of sp³-hybridized carbons (Fsp3) is 0.182. The Bertz CT molecular complexity index is 1430. The van der Waals surface area contributed by atoms with E-state index in [1.165, 1.54) is 0 Å². The molecule has 0 saturated carbocycles. The van der Waals surface area contributed by atoms with Crippen molar-refractivity contribution in [1.29, 1.82) is 0 Å². The minimum absolute atomic E-state index is 0.0936. The fourth-order valence-corrected chi connectivity index (χ4v) is 4.36. The van der Waals surface area contributed by atoms with E-state index in [1.54, 1.807) is 28.7 Å². The lowest BCUT2D eigenvalue weighted by Crippen LogP contribution is -2.41. The number of hydrogen-bond acceptors (Lipinski definition) is 5. The largest absolute Gasteiger partial charge is 0.494 e. The number of pyridine rings is 2.